The van der Waals surface area contributed by atoms with Crippen LogP contribution in [0.3, 0.4) is 0 Å². The van der Waals surface area contributed by atoms with Gasteiger partial charge in [0.2, 0.25) is 11.8 Å². The largest absolute Gasteiger partial charge is 0.341 e. The molecular weight excluding hydrogens is 335 g/mol. The van der Waals surface area contributed by atoms with Crippen molar-refractivity contribution in [2.24, 2.45) is 11.3 Å². The minimum Gasteiger partial charge on any atom is -0.341 e. The first-order chi connectivity index (χ1) is 10.7. The van der Waals surface area contributed by atoms with E-state index in [0.717, 1.165) is 12.8 Å². The van der Waals surface area contributed by atoms with Crippen LogP contribution in [0.15, 0.2) is 18.2 Å². The van der Waals surface area contributed by atoms with Crippen molar-refractivity contribution in [1.82, 2.24) is 4.90 Å². The first kappa shape index (κ1) is 18.1. The number of nitrogens with one attached hydrogen (secondary N) is 1. The van der Waals surface area contributed by atoms with Crippen LogP contribution in [0.25, 0.3) is 0 Å². The lowest BCUT2D eigenvalue weighted by atomic mass is 9.91. The minimum absolute atomic E-state index is 0.0829. The SMILES string of the molecule is CC(C)(C)C(=O)N1CCCC(C(=O)Nc2ccc(Cl)cc2Cl)C1. The molecule has 1 aromatic rings. The number of amides is 2. The maximum absolute atomic E-state index is 12.5. The van der Waals surface area contributed by atoms with Gasteiger partial charge in [-0.2, -0.15) is 0 Å². The Morgan fingerprint density at radius 3 is 2.57 bits per heavy atom. The normalized spacial score (nSPS) is 18.7. The Labute approximate surface area is 147 Å². The summed E-state index contributed by atoms with van der Waals surface area (Å²) in [4.78, 5) is 26.7. The molecular formula is C17H22Cl2N2O2. The van der Waals surface area contributed by atoms with Crippen molar-refractivity contribution in [1.29, 1.82) is 0 Å². The molecule has 126 valence electrons. The summed E-state index contributed by atoms with van der Waals surface area (Å²) in [7, 11) is 0. The fourth-order valence-electron chi connectivity index (χ4n) is 2.68. The average Bonchev–Trinajstić information content (AvgIpc) is 2.48. The number of piperidine rings is 1. The lowest BCUT2D eigenvalue weighted by Crippen LogP contribution is -2.47. The molecule has 0 bridgehead atoms. The van der Waals surface area contributed by atoms with Crippen molar-refractivity contribution >= 4 is 40.7 Å². The van der Waals surface area contributed by atoms with E-state index in [-0.39, 0.29) is 17.7 Å². The van der Waals surface area contributed by atoms with E-state index in [2.05, 4.69) is 5.32 Å². The molecule has 1 unspecified atom stereocenters. The molecule has 1 atom stereocenters. The number of halogens is 2. The Morgan fingerprint density at radius 2 is 1.96 bits per heavy atom. The molecule has 1 N–H and O–H groups in total. The van der Waals surface area contributed by atoms with Gasteiger partial charge in [0, 0.05) is 23.5 Å². The number of hydrogen-bond donors (Lipinski definition) is 1. The molecule has 0 radical (unpaired) electrons. The van der Waals surface area contributed by atoms with E-state index in [1.54, 1.807) is 23.1 Å². The molecule has 2 amide bonds. The summed E-state index contributed by atoms with van der Waals surface area (Å²) >= 11 is 11.9. The maximum Gasteiger partial charge on any atom is 0.229 e. The second kappa shape index (κ2) is 7.10. The number of benzene rings is 1. The molecule has 23 heavy (non-hydrogen) atoms. The summed E-state index contributed by atoms with van der Waals surface area (Å²) in [6.07, 6.45) is 1.60. The molecule has 0 aromatic heterocycles. The summed E-state index contributed by atoms with van der Waals surface area (Å²) in [5.41, 5.74) is 0.109. The van der Waals surface area contributed by atoms with Crippen LogP contribution in [0, 0.1) is 11.3 Å². The molecule has 1 heterocycles. The second-order valence-electron chi connectivity index (χ2n) is 6.95. The molecule has 0 aliphatic carbocycles. The van der Waals surface area contributed by atoms with Crippen molar-refractivity contribution in [3.63, 3.8) is 0 Å². The third-order valence-electron chi connectivity index (χ3n) is 3.91. The lowest BCUT2D eigenvalue weighted by Gasteiger charge is -2.35. The quantitative estimate of drug-likeness (QED) is 0.862. The molecule has 1 aliphatic rings. The van der Waals surface area contributed by atoms with Crippen molar-refractivity contribution in [3.05, 3.63) is 28.2 Å². The van der Waals surface area contributed by atoms with E-state index in [0.29, 0.717) is 28.8 Å². The van der Waals surface area contributed by atoms with Gasteiger partial charge in [-0.25, -0.2) is 0 Å². The average molecular weight is 357 g/mol. The van der Waals surface area contributed by atoms with Gasteiger partial charge in [0.25, 0.3) is 0 Å². The van der Waals surface area contributed by atoms with Crippen molar-refractivity contribution in [2.75, 3.05) is 18.4 Å². The fraction of sp³-hybridized carbons (Fsp3) is 0.529. The van der Waals surface area contributed by atoms with Gasteiger partial charge in [0.05, 0.1) is 16.6 Å². The van der Waals surface area contributed by atoms with E-state index in [9.17, 15) is 9.59 Å². The Kier molecular flexibility index (Phi) is 5.58. The predicted molar refractivity (Wildman–Crippen MR) is 93.9 cm³/mol. The van der Waals surface area contributed by atoms with Crippen LogP contribution >= 0.6 is 23.2 Å². The van der Waals surface area contributed by atoms with Crippen LogP contribution in [0.5, 0.6) is 0 Å². The van der Waals surface area contributed by atoms with Gasteiger partial charge in [-0.15, -0.1) is 0 Å². The molecule has 0 saturated carbocycles. The highest BCUT2D eigenvalue weighted by Crippen LogP contribution is 2.28. The lowest BCUT2D eigenvalue weighted by molar-refractivity contribution is -0.142. The molecule has 1 aliphatic heterocycles. The first-order valence-electron chi connectivity index (χ1n) is 7.74. The second-order valence-corrected chi connectivity index (χ2v) is 7.80. The van der Waals surface area contributed by atoms with Gasteiger partial charge in [-0.05, 0) is 31.0 Å². The van der Waals surface area contributed by atoms with E-state index in [1.165, 1.54) is 0 Å². The highest BCUT2D eigenvalue weighted by atomic mass is 35.5. The molecule has 1 saturated heterocycles. The molecule has 4 nitrogen and oxygen atoms in total. The Hall–Kier alpha value is -1.26. The summed E-state index contributed by atoms with van der Waals surface area (Å²) in [5, 5.41) is 3.77. The number of carbonyl (C=O) groups is 2. The van der Waals surface area contributed by atoms with Crippen molar-refractivity contribution < 1.29 is 9.59 Å². The summed E-state index contributed by atoms with van der Waals surface area (Å²) in [5.74, 6) is -0.248. The van der Waals surface area contributed by atoms with Crippen LogP contribution in [0.1, 0.15) is 33.6 Å². The van der Waals surface area contributed by atoms with Crippen molar-refractivity contribution in [3.8, 4) is 0 Å². The number of hydrogen-bond acceptors (Lipinski definition) is 2. The number of rotatable bonds is 2. The highest BCUT2D eigenvalue weighted by Gasteiger charge is 2.33. The number of likely N-dealkylation sites (tertiary alicyclic amines) is 1. The predicted octanol–water partition coefficient (Wildman–Crippen LogP) is 4.22. The first-order valence-corrected chi connectivity index (χ1v) is 8.49. The van der Waals surface area contributed by atoms with Crippen LogP contribution in [-0.2, 0) is 9.59 Å². The van der Waals surface area contributed by atoms with Crippen LogP contribution < -0.4 is 5.32 Å². The Balaban J connectivity index is 2.03. The molecule has 0 spiro atoms. The zero-order valence-corrected chi connectivity index (χ0v) is 15.2. The van der Waals surface area contributed by atoms with Gasteiger partial charge in [0.15, 0.2) is 0 Å². The molecule has 1 fully saturated rings. The number of anilines is 1. The summed E-state index contributed by atoms with van der Waals surface area (Å²) in [6, 6.07) is 4.96. The number of carbonyl (C=O) groups excluding carboxylic acids is 2. The van der Waals surface area contributed by atoms with Crippen LogP contribution in [0.2, 0.25) is 10.0 Å². The smallest absolute Gasteiger partial charge is 0.229 e. The van der Waals surface area contributed by atoms with Crippen molar-refractivity contribution in [2.45, 2.75) is 33.6 Å². The van der Waals surface area contributed by atoms with Gasteiger partial charge < -0.3 is 10.2 Å². The van der Waals surface area contributed by atoms with Crippen LogP contribution in [-0.4, -0.2) is 29.8 Å². The zero-order valence-electron chi connectivity index (χ0n) is 13.7. The maximum atomic E-state index is 12.5. The van der Waals surface area contributed by atoms with Gasteiger partial charge in [-0.3, -0.25) is 9.59 Å². The van der Waals surface area contributed by atoms with E-state index in [4.69, 9.17) is 23.2 Å². The van der Waals surface area contributed by atoms with Gasteiger partial charge in [-0.1, -0.05) is 44.0 Å². The van der Waals surface area contributed by atoms with Gasteiger partial charge in [0.1, 0.15) is 0 Å². The monoisotopic (exact) mass is 356 g/mol. The number of nitrogens with zero attached hydrogens (tertiary/aromatic N) is 1. The molecule has 6 heteroatoms. The Morgan fingerprint density at radius 1 is 1.26 bits per heavy atom. The van der Waals surface area contributed by atoms with Gasteiger partial charge >= 0.3 is 0 Å². The van der Waals surface area contributed by atoms with E-state index in [1.807, 2.05) is 20.8 Å². The summed E-state index contributed by atoms with van der Waals surface area (Å²) in [6.45, 7) is 6.85. The standard InChI is InChI=1S/C17H22Cl2N2O2/c1-17(2,3)16(23)21-8-4-5-11(10-21)15(22)20-14-7-6-12(18)9-13(14)19/h6-7,9,11H,4-5,8,10H2,1-3H3,(H,20,22). The zero-order chi connectivity index (χ0) is 17.2. The minimum atomic E-state index is -0.433. The summed E-state index contributed by atoms with van der Waals surface area (Å²) < 4.78 is 0. The molecule has 2 rings (SSSR count). The van der Waals surface area contributed by atoms with E-state index < -0.39 is 5.41 Å². The highest BCUT2D eigenvalue weighted by molar-refractivity contribution is 6.36. The topological polar surface area (TPSA) is 49.4 Å². The fourth-order valence-corrected chi connectivity index (χ4v) is 3.13. The third kappa shape index (κ3) is 4.61. The van der Waals surface area contributed by atoms with Crippen LogP contribution in [0.4, 0.5) is 5.69 Å². The third-order valence-corrected chi connectivity index (χ3v) is 4.46. The Bertz CT molecular complexity index is 611. The van der Waals surface area contributed by atoms with E-state index >= 15 is 0 Å². The molecule has 1 aromatic carbocycles.